The first-order valence-corrected chi connectivity index (χ1v) is 12.2. The van der Waals surface area contributed by atoms with Crippen molar-refractivity contribution in [3.05, 3.63) is 47.5 Å². The number of hydrogen-bond donors (Lipinski definition) is 1. The van der Waals surface area contributed by atoms with Crippen molar-refractivity contribution in [3.63, 3.8) is 0 Å². The minimum Gasteiger partial charge on any atom is -0.493 e. The maximum atomic E-state index is 12.8. The lowest BCUT2D eigenvalue weighted by atomic mass is 9.97. The molecular formula is C23H29N3O4S. The van der Waals surface area contributed by atoms with E-state index < -0.39 is 10.0 Å². The monoisotopic (exact) mass is 443 g/mol. The molecule has 0 atom stereocenters. The van der Waals surface area contributed by atoms with Gasteiger partial charge in [-0.3, -0.25) is 0 Å². The minimum atomic E-state index is -3.57. The Bertz CT molecular complexity index is 1110. The van der Waals surface area contributed by atoms with Gasteiger partial charge >= 0.3 is 0 Å². The number of oxazole rings is 1. The molecule has 0 unspecified atom stereocenters. The Morgan fingerprint density at radius 2 is 1.84 bits per heavy atom. The number of nitrogens with zero attached hydrogens (tertiary/aromatic N) is 2. The Kier molecular flexibility index (Phi) is 6.20. The van der Waals surface area contributed by atoms with Crippen LogP contribution in [0.3, 0.4) is 0 Å². The van der Waals surface area contributed by atoms with E-state index in [0.29, 0.717) is 19.2 Å². The highest BCUT2D eigenvalue weighted by Crippen LogP contribution is 2.28. The highest BCUT2D eigenvalue weighted by atomic mass is 32.2. The molecule has 0 bridgehead atoms. The third-order valence-corrected chi connectivity index (χ3v) is 7.17. The molecule has 8 heteroatoms. The van der Waals surface area contributed by atoms with Gasteiger partial charge in [-0.2, -0.15) is 4.98 Å². The molecule has 2 aromatic carbocycles. The molecule has 31 heavy (non-hydrogen) atoms. The topological polar surface area (TPSA) is 84.7 Å². The van der Waals surface area contributed by atoms with Crippen molar-refractivity contribution >= 4 is 27.1 Å². The number of piperidine rings is 1. The first kappa shape index (κ1) is 21.6. The van der Waals surface area contributed by atoms with E-state index in [1.165, 1.54) is 0 Å². The fourth-order valence-electron chi connectivity index (χ4n) is 4.07. The van der Waals surface area contributed by atoms with E-state index >= 15 is 0 Å². The first-order valence-electron chi connectivity index (χ1n) is 10.7. The minimum absolute atomic E-state index is 0.278. The molecule has 0 spiro atoms. The van der Waals surface area contributed by atoms with Crippen LogP contribution in [-0.4, -0.2) is 39.6 Å². The first-order chi connectivity index (χ1) is 14.9. The highest BCUT2D eigenvalue weighted by molar-refractivity contribution is 7.89. The Morgan fingerprint density at radius 3 is 2.48 bits per heavy atom. The second-order valence-electron chi connectivity index (χ2n) is 8.07. The number of ether oxygens (including phenoxy) is 1. The largest absolute Gasteiger partial charge is 0.493 e. The van der Waals surface area contributed by atoms with E-state index in [-0.39, 0.29) is 10.8 Å². The fourth-order valence-corrected chi connectivity index (χ4v) is 5.36. The van der Waals surface area contributed by atoms with Crippen molar-refractivity contribution in [1.82, 2.24) is 9.71 Å². The van der Waals surface area contributed by atoms with Crippen LogP contribution < -0.4 is 14.4 Å². The summed E-state index contributed by atoms with van der Waals surface area (Å²) in [7, 11) is -3.57. The van der Waals surface area contributed by atoms with Crippen LogP contribution >= 0.6 is 0 Å². The van der Waals surface area contributed by atoms with Gasteiger partial charge in [-0.1, -0.05) is 12.1 Å². The number of fused-ring (bicyclic) bond motifs is 1. The summed E-state index contributed by atoms with van der Waals surface area (Å²) in [5.74, 6) is 1.04. The Morgan fingerprint density at radius 1 is 1.16 bits per heavy atom. The predicted molar refractivity (Wildman–Crippen MR) is 121 cm³/mol. The fraction of sp³-hybridized carbons (Fsp3) is 0.435. The number of sulfonamides is 1. The normalized spacial score (nSPS) is 15.5. The van der Waals surface area contributed by atoms with E-state index in [9.17, 15) is 8.42 Å². The molecule has 1 aliphatic heterocycles. The second kappa shape index (κ2) is 8.88. The zero-order chi connectivity index (χ0) is 22.0. The third kappa shape index (κ3) is 4.70. The van der Waals surface area contributed by atoms with Crippen LogP contribution in [0.25, 0.3) is 11.1 Å². The number of rotatable bonds is 7. The third-order valence-electron chi connectivity index (χ3n) is 5.76. The van der Waals surface area contributed by atoms with E-state index in [4.69, 9.17) is 9.15 Å². The van der Waals surface area contributed by atoms with Gasteiger partial charge in [0.05, 0.1) is 11.5 Å². The number of nitrogens with one attached hydrogen (secondary N) is 1. The van der Waals surface area contributed by atoms with Gasteiger partial charge in [0, 0.05) is 19.6 Å². The molecule has 4 rings (SSSR count). The van der Waals surface area contributed by atoms with Crippen molar-refractivity contribution in [2.45, 2.75) is 38.5 Å². The Hall–Kier alpha value is -2.58. The summed E-state index contributed by atoms with van der Waals surface area (Å²) >= 11 is 0. The zero-order valence-electron chi connectivity index (χ0n) is 18.2. The molecule has 1 N–H and O–H groups in total. The number of para-hydroxylation sites is 2. The molecule has 0 aliphatic carbocycles. The summed E-state index contributed by atoms with van der Waals surface area (Å²) < 4.78 is 40.0. The Labute approximate surface area is 183 Å². The predicted octanol–water partition coefficient (Wildman–Crippen LogP) is 4.04. The average molecular weight is 444 g/mol. The van der Waals surface area contributed by atoms with Crippen LogP contribution in [0.1, 0.15) is 30.9 Å². The molecule has 0 saturated carbocycles. The van der Waals surface area contributed by atoms with Gasteiger partial charge in [0.25, 0.3) is 6.01 Å². The van der Waals surface area contributed by atoms with Gasteiger partial charge < -0.3 is 14.1 Å². The highest BCUT2D eigenvalue weighted by Gasteiger charge is 2.25. The Balaban J connectivity index is 1.35. The van der Waals surface area contributed by atoms with Crippen LogP contribution in [0, 0.1) is 19.8 Å². The molecule has 0 amide bonds. The summed E-state index contributed by atoms with van der Waals surface area (Å²) in [5, 5.41) is 0. The van der Waals surface area contributed by atoms with Gasteiger partial charge in [0.15, 0.2) is 5.58 Å². The second-order valence-corrected chi connectivity index (χ2v) is 9.83. The van der Waals surface area contributed by atoms with Gasteiger partial charge in [-0.15, -0.1) is 0 Å². The SMILES string of the molecule is CCOc1c(C)cc(S(=O)(=O)NCC2CCN(c3nc4ccccc4o3)CC2)cc1C. The van der Waals surface area contributed by atoms with E-state index in [1.54, 1.807) is 12.1 Å². The summed E-state index contributed by atoms with van der Waals surface area (Å²) in [6.07, 6.45) is 1.76. The maximum absolute atomic E-state index is 12.8. The van der Waals surface area contributed by atoms with E-state index in [2.05, 4.69) is 14.6 Å². The zero-order valence-corrected chi connectivity index (χ0v) is 19.0. The lowest BCUT2D eigenvalue weighted by Crippen LogP contribution is -2.38. The average Bonchev–Trinajstić information content (AvgIpc) is 3.19. The number of aryl methyl sites for hydroxylation is 2. The molecule has 1 saturated heterocycles. The van der Waals surface area contributed by atoms with Gasteiger partial charge in [-0.05, 0) is 74.9 Å². The molecule has 0 radical (unpaired) electrons. The molecule has 3 aromatic rings. The van der Waals surface area contributed by atoms with Crippen molar-refractivity contribution in [3.8, 4) is 5.75 Å². The van der Waals surface area contributed by atoms with Crippen molar-refractivity contribution in [1.29, 1.82) is 0 Å². The maximum Gasteiger partial charge on any atom is 0.298 e. The lowest BCUT2D eigenvalue weighted by Gasteiger charge is -2.30. The molecule has 2 heterocycles. The summed E-state index contributed by atoms with van der Waals surface area (Å²) in [5.41, 5.74) is 3.30. The van der Waals surface area contributed by atoms with Crippen molar-refractivity contribution in [2.75, 3.05) is 31.1 Å². The summed E-state index contributed by atoms with van der Waals surface area (Å²) in [6.45, 7) is 8.22. The van der Waals surface area contributed by atoms with Crippen LogP contribution in [0.4, 0.5) is 6.01 Å². The summed E-state index contributed by atoms with van der Waals surface area (Å²) in [6, 6.07) is 11.7. The molecule has 166 valence electrons. The smallest absolute Gasteiger partial charge is 0.298 e. The van der Waals surface area contributed by atoms with Crippen LogP contribution in [0.15, 0.2) is 45.7 Å². The van der Waals surface area contributed by atoms with Gasteiger partial charge in [-0.25, -0.2) is 13.1 Å². The quantitative estimate of drug-likeness (QED) is 0.593. The van der Waals surface area contributed by atoms with Gasteiger partial charge in [0.1, 0.15) is 11.3 Å². The van der Waals surface area contributed by atoms with E-state index in [1.807, 2.05) is 45.0 Å². The number of anilines is 1. The van der Waals surface area contributed by atoms with Crippen LogP contribution in [0.5, 0.6) is 5.75 Å². The lowest BCUT2D eigenvalue weighted by molar-refractivity contribution is 0.335. The molecule has 7 nitrogen and oxygen atoms in total. The molecule has 1 fully saturated rings. The van der Waals surface area contributed by atoms with Crippen LogP contribution in [-0.2, 0) is 10.0 Å². The number of aromatic nitrogens is 1. The summed E-state index contributed by atoms with van der Waals surface area (Å²) in [4.78, 5) is 6.98. The number of hydrogen-bond acceptors (Lipinski definition) is 6. The van der Waals surface area contributed by atoms with Crippen LogP contribution in [0.2, 0.25) is 0 Å². The van der Waals surface area contributed by atoms with E-state index in [0.717, 1.165) is 53.9 Å². The molecule has 1 aromatic heterocycles. The van der Waals surface area contributed by atoms with Crippen molar-refractivity contribution < 1.29 is 17.6 Å². The number of benzene rings is 2. The van der Waals surface area contributed by atoms with Crippen molar-refractivity contribution in [2.24, 2.45) is 5.92 Å². The van der Waals surface area contributed by atoms with Gasteiger partial charge in [0.2, 0.25) is 10.0 Å². The molecule has 1 aliphatic rings. The standard InChI is InChI=1S/C23H29N3O4S/c1-4-29-22-16(2)13-19(14-17(22)3)31(27,28)24-15-18-9-11-26(12-10-18)23-25-20-7-5-6-8-21(20)30-23/h5-8,13-14,18,24H,4,9-12,15H2,1-3H3. The molecular weight excluding hydrogens is 414 g/mol.